The summed E-state index contributed by atoms with van der Waals surface area (Å²) in [5.41, 5.74) is 5.59. The molecule has 1 aliphatic rings. The van der Waals surface area contributed by atoms with Crippen molar-refractivity contribution in [2.75, 3.05) is 16.8 Å². The van der Waals surface area contributed by atoms with E-state index in [1.807, 2.05) is 72.8 Å². The summed E-state index contributed by atoms with van der Waals surface area (Å²) in [6.07, 6.45) is 0. The van der Waals surface area contributed by atoms with E-state index in [0.29, 0.717) is 13.2 Å². The predicted molar refractivity (Wildman–Crippen MR) is 113 cm³/mol. The number of amides is 2. The zero-order chi connectivity index (χ0) is 20.2. The summed E-state index contributed by atoms with van der Waals surface area (Å²) < 4.78 is 5.57. The first-order chi connectivity index (χ1) is 14.1. The van der Waals surface area contributed by atoms with E-state index in [0.717, 1.165) is 33.6 Å². The van der Waals surface area contributed by atoms with Gasteiger partial charge in [-0.15, -0.1) is 0 Å². The minimum atomic E-state index is -0.110. The number of benzene rings is 3. The number of ether oxygens (including phenoxy) is 1. The third-order valence-corrected chi connectivity index (χ3v) is 4.86. The third kappa shape index (κ3) is 4.36. The van der Waals surface area contributed by atoms with Crippen molar-refractivity contribution in [3.05, 3.63) is 83.9 Å². The second-order valence-electron chi connectivity index (χ2n) is 7.06. The highest BCUT2D eigenvalue weighted by Crippen LogP contribution is 2.32. The maximum absolute atomic E-state index is 12.8. The van der Waals surface area contributed by atoms with Crippen LogP contribution in [0.15, 0.2) is 72.8 Å². The van der Waals surface area contributed by atoms with Crippen LogP contribution in [0, 0.1) is 0 Å². The van der Waals surface area contributed by atoms with Crippen LogP contribution in [0.5, 0.6) is 0 Å². The van der Waals surface area contributed by atoms with Gasteiger partial charge in [0.05, 0.1) is 18.8 Å². The fraction of sp³-hybridized carbons (Fsp3) is 0.167. The van der Waals surface area contributed by atoms with Crippen LogP contribution in [0.1, 0.15) is 18.1 Å². The fourth-order valence-electron chi connectivity index (χ4n) is 3.50. The van der Waals surface area contributed by atoms with Crippen LogP contribution >= 0.6 is 0 Å². The first-order valence-corrected chi connectivity index (χ1v) is 9.53. The Bertz CT molecular complexity index is 1050. The van der Waals surface area contributed by atoms with E-state index in [1.165, 1.54) is 6.92 Å². The van der Waals surface area contributed by atoms with Crippen molar-refractivity contribution in [1.82, 2.24) is 0 Å². The molecule has 0 bridgehead atoms. The van der Waals surface area contributed by atoms with Crippen molar-refractivity contribution in [1.29, 1.82) is 0 Å². The van der Waals surface area contributed by atoms with E-state index in [9.17, 15) is 9.59 Å². The van der Waals surface area contributed by atoms with Gasteiger partial charge < -0.3 is 15.0 Å². The molecule has 0 saturated carbocycles. The first kappa shape index (κ1) is 18.9. The van der Waals surface area contributed by atoms with Crippen molar-refractivity contribution in [2.24, 2.45) is 0 Å². The van der Waals surface area contributed by atoms with Gasteiger partial charge in [0.2, 0.25) is 5.91 Å². The normalized spacial score (nSPS) is 13.6. The number of nitrogens with one attached hydrogen (secondary N) is 1. The second kappa shape index (κ2) is 8.29. The first-order valence-electron chi connectivity index (χ1n) is 9.53. The van der Waals surface area contributed by atoms with Gasteiger partial charge in [-0.3, -0.25) is 9.59 Å². The maximum atomic E-state index is 12.8. The molecule has 0 atom stereocenters. The van der Waals surface area contributed by atoms with E-state index in [1.54, 1.807) is 4.90 Å². The number of hydrogen-bond acceptors (Lipinski definition) is 3. The summed E-state index contributed by atoms with van der Waals surface area (Å²) in [5.74, 6) is -0.169. The van der Waals surface area contributed by atoms with Crippen molar-refractivity contribution in [2.45, 2.75) is 20.1 Å². The van der Waals surface area contributed by atoms with Crippen molar-refractivity contribution in [3.63, 3.8) is 0 Å². The minimum absolute atomic E-state index is 0.0586. The molecule has 146 valence electrons. The number of nitrogens with zero attached hydrogens (tertiary/aromatic N) is 1. The molecule has 2 amide bonds. The highest BCUT2D eigenvalue weighted by atomic mass is 16.5. The molecule has 0 spiro atoms. The van der Waals surface area contributed by atoms with Crippen LogP contribution in [-0.2, 0) is 27.5 Å². The molecule has 0 radical (unpaired) electrons. The van der Waals surface area contributed by atoms with Gasteiger partial charge in [-0.1, -0.05) is 54.6 Å². The molecule has 5 heteroatoms. The van der Waals surface area contributed by atoms with Crippen LogP contribution < -0.4 is 10.2 Å². The second-order valence-corrected chi connectivity index (χ2v) is 7.06. The highest BCUT2D eigenvalue weighted by Gasteiger charge is 2.23. The summed E-state index contributed by atoms with van der Waals surface area (Å²) in [5, 5.41) is 2.81. The lowest BCUT2D eigenvalue weighted by atomic mass is 10.0. The predicted octanol–water partition coefficient (Wildman–Crippen LogP) is 4.38. The molecule has 1 N–H and O–H groups in total. The van der Waals surface area contributed by atoms with E-state index in [4.69, 9.17) is 4.74 Å². The number of carbonyl (C=O) groups excluding carboxylic acids is 2. The fourth-order valence-corrected chi connectivity index (χ4v) is 3.50. The van der Waals surface area contributed by atoms with E-state index < -0.39 is 0 Å². The van der Waals surface area contributed by atoms with Crippen LogP contribution in [0.3, 0.4) is 0 Å². The molecule has 0 aliphatic carbocycles. The minimum Gasteiger partial charge on any atom is -0.367 e. The third-order valence-electron chi connectivity index (χ3n) is 4.86. The Morgan fingerprint density at radius 1 is 0.966 bits per heavy atom. The Morgan fingerprint density at radius 3 is 2.55 bits per heavy atom. The zero-order valence-corrected chi connectivity index (χ0v) is 16.2. The van der Waals surface area contributed by atoms with Crippen LogP contribution in [-0.4, -0.2) is 18.4 Å². The molecule has 1 heterocycles. The van der Waals surface area contributed by atoms with Gasteiger partial charge in [-0.25, -0.2) is 0 Å². The van der Waals surface area contributed by atoms with Crippen molar-refractivity contribution in [3.8, 4) is 11.1 Å². The van der Waals surface area contributed by atoms with Crippen molar-refractivity contribution >= 4 is 23.2 Å². The number of anilines is 2. The van der Waals surface area contributed by atoms with Gasteiger partial charge >= 0.3 is 0 Å². The Kier molecular flexibility index (Phi) is 5.40. The van der Waals surface area contributed by atoms with Crippen LogP contribution in [0.25, 0.3) is 11.1 Å². The standard InChI is InChI=1S/C24H22N2O3/c1-17(27)25-22-9-5-8-19(12-22)20-10-11-21-15-29-16-24(28)26(23(21)13-20)14-18-6-3-2-4-7-18/h2-13H,14-16H2,1H3,(H,25,27). The van der Waals surface area contributed by atoms with Gasteiger partial charge in [-0.2, -0.15) is 0 Å². The monoisotopic (exact) mass is 386 g/mol. The number of carbonyl (C=O) groups is 2. The molecule has 5 nitrogen and oxygen atoms in total. The summed E-state index contributed by atoms with van der Waals surface area (Å²) in [7, 11) is 0. The molecule has 29 heavy (non-hydrogen) atoms. The molecule has 0 saturated heterocycles. The summed E-state index contributed by atoms with van der Waals surface area (Å²) in [6.45, 7) is 2.45. The Morgan fingerprint density at radius 2 is 1.76 bits per heavy atom. The van der Waals surface area contributed by atoms with Gasteiger partial charge in [0, 0.05) is 18.2 Å². The average Bonchev–Trinajstić information content (AvgIpc) is 2.87. The summed E-state index contributed by atoms with van der Waals surface area (Å²) >= 11 is 0. The maximum Gasteiger partial charge on any atom is 0.253 e. The van der Waals surface area contributed by atoms with Crippen LogP contribution in [0.4, 0.5) is 11.4 Å². The lowest BCUT2D eigenvalue weighted by Gasteiger charge is -2.23. The number of rotatable bonds is 4. The van der Waals surface area contributed by atoms with E-state index in [-0.39, 0.29) is 18.4 Å². The van der Waals surface area contributed by atoms with Gasteiger partial charge in [0.1, 0.15) is 6.61 Å². The molecule has 0 fully saturated rings. The Labute approximate surface area is 169 Å². The molecule has 3 aromatic carbocycles. The van der Waals surface area contributed by atoms with Gasteiger partial charge in [-0.05, 0) is 34.9 Å². The highest BCUT2D eigenvalue weighted by molar-refractivity contribution is 5.96. The van der Waals surface area contributed by atoms with E-state index >= 15 is 0 Å². The van der Waals surface area contributed by atoms with Gasteiger partial charge in [0.25, 0.3) is 5.91 Å². The SMILES string of the molecule is CC(=O)Nc1cccc(-c2ccc3c(c2)N(Cc2ccccc2)C(=O)COC3)c1. The molecule has 0 unspecified atom stereocenters. The average molecular weight is 386 g/mol. The molecule has 4 rings (SSSR count). The summed E-state index contributed by atoms with van der Waals surface area (Å²) in [6, 6.07) is 23.7. The topological polar surface area (TPSA) is 58.6 Å². The van der Waals surface area contributed by atoms with E-state index in [2.05, 4.69) is 5.32 Å². The number of fused-ring (bicyclic) bond motifs is 1. The smallest absolute Gasteiger partial charge is 0.253 e. The van der Waals surface area contributed by atoms with Crippen molar-refractivity contribution < 1.29 is 14.3 Å². The lowest BCUT2D eigenvalue weighted by Crippen LogP contribution is -2.32. The van der Waals surface area contributed by atoms with Crippen LogP contribution in [0.2, 0.25) is 0 Å². The van der Waals surface area contributed by atoms with Gasteiger partial charge in [0.15, 0.2) is 0 Å². The molecular formula is C24H22N2O3. The Hall–Kier alpha value is -3.44. The quantitative estimate of drug-likeness (QED) is 0.724. The molecule has 0 aromatic heterocycles. The summed E-state index contributed by atoms with van der Waals surface area (Å²) in [4.78, 5) is 25.9. The molecular weight excluding hydrogens is 364 g/mol. The lowest BCUT2D eigenvalue weighted by molar-refractivity contribution is -0.123. The Balaban J connectivity index is 1.72. The zero-order valence-electron chi connectivity index (χ0n) is 16.2. The largest absolute Gasteiger partial charge is 0.367 e. The molecule has 3 aromatic rings. The number of hydrogen-bond donors (Lipinski definition) is 1. The molecule has 1 aliphatic heterocycles.